The largest absolute Gasteiger partial charge is 0.465 e. The zero-order valence-corrected chi connectivity index (χ0v) is 12.5. The first-order valence-corrected chi connectivity index (χ1v) is 7.14. The molecule has 3 nitrogen and oxygen atoms in total. The van der Waals surface area contributed by atoms with Gasteiger partial charge in [-0.15, -0.1) is 0 Å². The predicted octanol–water partition coefficient (Wildman–Crippen LogP) is 3.72. The van der Waals surface area contributed by atoms with E-state index in [1.807, 2.05) is 38.1 Å². The number of carbonyl (C=O) groups excluding carboxylic acids is 1. The molecule has 1 aromatic carbocycles. The van der Waals surface area contributed by atoms with E-state index >= 15 is 0 Å². The first kappa shape index (κ1) is 16.0. The second kappa shape index (κ2) is 8.18. The topological polar surface area (TPSA) is 38.3 Å². The normalized spacial score (nSPS) is 13.9. The number of rotatable bonds is 7. The van der Waals surface area contributed by atoms with Gasteiger partial charge in [-0.2, -0.15) is 0 Å². The predicted molar refractivity (Wildman–Crippen MR) is 78.3 cm³/mol. The molecule has 1 aromatic rings. The average molecular weight is 284 g/mol. The van der Waals surface area contributed by atoms with E-state index in [4.69, 9.17) is 16.3 Å². The lowest BCUT2D eigenvalue weighted by molar-refractivity contribution is -0.146. The SMILES string of the molecule is CCCC(N[C@H](C)c1cccc(Cl)c1)C(=O)OCC. The number of esters is 1. The first-order chi connectivity index (χ1) is 9.08. The van der Waals surface area contributed by atoms with Gasteiger partial charge in [0.05, 0.1) is 6.61 Å². The molecule has 0 aliphatic rings. The molecular formula is C15H22ClNO2. The van der Waals surface area contributed by atoms with Crippen LogP contribution in [-0.4, -0.2) is 18.6 Å². The van der Waals surface area contributed by atoms with E-state index in [1.165, 1.54) is 0 Å². The molecule has 1 N–H and O–H groups in total. The van der Waals surface area contributed by atoms with E-state index in [0.717, 1.165) is 18.4 Å². The summed E-state index contributed by atoms with van der Waals surface area (Å²) in [5.41, 5.74) is 1.07. The van der Waals surface area contributed by atoms with Crippen molar-refractivity contribution < 1.29 is 9.53 Å². The van der Waals surface area contributed by atoms with E-state index in [9.17, 15) is 4.79 Å². The van der Waals surface area contributed by atoms with Crippen LogP contribution in [0, 0.1) is 0 Å². The highest BCUT2D eigenvalue weighted by Gasteiger charge is 2.21. The molecule has 1 unspecified atom stereocenters. The van der Waals surface area contributed by atoms with Crippen LogP contribution in [0.25, 0.3) is 0 Å². The third kappa shape index (κ3) is 5.21. The van der Waals surface area contributed by atoms with Crippen molar-refractivity contribution >= 4 is 17.6 Å². The summed E-state index contributed by atoms with van der Waals surface area (Å²) in [6.45, 7) is 6.30. The van der Waals surface area contributed by atoms with Crippen molar-refractivity contribution in [2.75, 3.05) is 6.61 Å². The van der Waals surface area contributed by atoms with Gasteiger partial charge in [0, 0.05) is 11.1 Å². The van der Waals surface area contributed by atoms with Crippen molar-refractivity contribution in [2.24, 2.45) is 0 Å². The van der Waals surface area contributed by atoms with Crippen LogP contribution in [0.15, 0.2) is 24.3 Å². The third-order valence-corrected chi connectivity index (χ3v) is 3.18. The Morgan fingerprint density at radius 1 is 1.42 bits per heavy atom. The number of hydrogen-bond donors (Lipinski definition) is 1. The summed E-state index contributed by atoms with van der Waals surface area (Å²) in [5, 5.41) is 4.02. The molecule has 0 fully saturated rings. The molecule has 0 aliphatic heterocycles. The summed E-state index contributed by atoms with van der Waals surface area (Å²) in [5.74, 6) is -0.182. The number of carbonyl (C=O) groups is 1. The maximum atomic E-state index is 11.9. The molecule has 0 bridgehead atoms. The molecule has 0 spiro atoms. The molecule has 0 aliphatic carbocycles. The highest BCUT2D eigenvalue weighted by atomic mass is 35.5. The number of hydrogen-bond acceptors (Lipinski definition) is 3. The summed E-state index contributed by atoms with van der Waals surface area (Å²) in [6, 6.07) is 7.45. The standard InChI is InChI=1S/C15H22ClNO2/c1-4-7-14(15(18)19-5-2)17-11(3)12-8-6-9-13(16)10-12/h6,8-11,14,17H,4-5,7H2,1-3H3/t11-,14?/m1/s1. The lowest BCUT2D eigenvalue weighted by Crippen LogP contribution is -2.39. The maximum absolute atomic E-state index is 11.9. The van der Waals surface area contributed by atoms with E-state index in [-0.39, 0.29) is 18.1 Å². The Hall–Kier alpha value is -1.06. The molecule has 0 saturated carbocycles. The summed E-state index contributed by atoms with van der Waals surface area (Å²) < 4.78 is 5.09. The summed E-state index contributed by atoms with van der Waals surface area (Å²) >= 11 is 5.98. The Bertz CT molecular complexity index is 409. The van der Waals surface area contributed by atoms with E-state index in [1.54, 1.807) is 0 Å². The lowest BCUT2D eigenvalue weighted by Gasteiger charge is -2.22. The van der Waals surface area contributed by atoms with Gasteiger partial charge in [0.25, 0.3) is 0 Å². The Labute approximate surface area is 120 Å². The summed E-state index contributed by atoms with van der Waals surface area (Å²) in [6.07, 6.45) is 1.70. The molecule has 0 amide bonds. The maximum Gasteiger partial charge on any atom is 0.323 e. The van der Waals surface area contributed by atoms with Crippen molar-refractivity contribution in [3.63, 3.8) is 0 Å². The van der Waals surface area contributed by atoms with E-state index in [2.05, 4.69) is 12.2 Å². The average Bonchev–Trinajstić information content (AvgIpc) is 2.38. The Morgan fingerprint density at radius 2 is 2.16 bits per heavy atom. The van der Waals surface area contributed by atoms with Crippen LogP contribution < -0.4 is 5.32 Å². The highest BCUT2D eigenvalue weighted by Crippen LogP contribution is 2.18. The van der Waals surface area contributed by atoms with E-state index in [0.29, 0.717) is 11.6 Å². The van der Waals surface area contributed by atoms with Crippen molar-refractivity contribution in [1.29, 1.82) is 0 Å². The zero-order valence-electron chi connectivity index (χ0n) is 11.8. The zero-order chi connectivity index (χ0) is 14.3. The minimum Gasteiger partial charge on any atom is -0.465 e. The molecule has 1 rings (SSSR count). The quantitative estimate of drug-likeness (QED) is 0.775. The van der Waals surface area contributed by atoms with Crippen LogP contribution in [0.2, 0.25) is 5.02 Å². The monoisotopic (exact) mass is 283 g/mol. The fourth-order valence-corrected chi connectivity index (χ4v) is 2.17. The van der Waals surface area contributed by atoms with Crippen LogP contribution >= 0.6 is 11.6 Å². The van der Waals surface area contributed by atoms with Gasteiger partial charge in [-0.25, -0.2) is 0 Å². The number of nitrogens with one attached hydrogen (secondary N) is 1. The van der Waals surface area contributed by atoms with Gasteiger partial charge in [0.15, 0.2) is 0 Å². The van der Waals surface area contributed by atoms with Crippen molar-refractivity contribution in [3.8, 4) is 0 Å². The highest BCUT2D eigenvalue weighted by molar-refractivity contribution is 6.30. The summed E-state index contributed by atoms with van der Waals surface area (Å²) in [4.78, 5) is 11.9. The Balaban J connectivity index is 2.70. The van der Waals surface area contributed by atoms with Gasteiger partial charge in [-0.05, 0) is 38.0 Å². The second-order valence-electron chi connectivity index (χ2n) is 4.54. The molecule has 19 heavy (non-hydrogen) atoms. The van der Waals surface area contributed by atoms with Gasteiger partial charge in [-0.3, -0.25) is 10.1 Å². The second-order valence-corrected chi connectivity index (χ2v) is 4.97. The van der Waals surface area contributed by atoms with Gasteiger partial charge < -0.3 is 4.74 Å². The third-order valence-electron chi connectivity index (χ3n) is 2.95. The summed E-state index contributed by atoms with van der Waals surface area (Å²) in [7, 11) is 0. The van der Waals surface area contributed by atoms with E-state index < -0.39 is 0 Å². The lowest BCUT2D eigenvalue weighted by atomic mass is 10.1. The molecule has 0 heterocycles. The minimum absolute atomic E-state index is 0.0552. The van der Waals surface area contributed by atoms with Crippen LogP contribution in [0.4, 0.5) is 0 Å². The molecule has 0 aromatic heterocycles. The van der Waals surface area contributed by atoms with Crippen LogP contribution in [-0.2, 0) is 9.53 Å². The van der Waals surface area contributed by atoms with Gasteiger partial charge in [0.1, 0.15) is 6.04 Å². The van der Waals surface area contributed by atoms with Gasteiger partial charge in [-0.1, -0.05) is 37.1 Å². The molecule has 2 atom stereocenters. The smallest absolute Gasteiger partial charge is 0.323 e. The molecule has 0 saturated heterocycles. The Kier molecular flexibility index (Phi) is 6.89. The molecular weight excluding hydrogens is 262 g/mol. The minimum atomic E-state index is -0.265. The fourth-order valence-electron chi connectivity index (χ4n) is 1.97. The van der Waals surface area contributed by atoms with Gasteiger partial charge in [0.2, 0.25) is 0 Å². The van der Waals surface area contributed by atoms with Crippen LogP contribution in [0.5, 0.6) is 0 Å². The fraction of sp³-hybridized carbons (Fsp3) is 0.533. The number of benzene rings is 1. The molecule has 0 radical (unpaired) electrons. The first-order valence-electron chi connectivity index (χ1n) is 6.76. The molecule has 4 heteroatoms. The Morgan fingerprint density at radius 3 is 2.74 bits per heavy atom. The van der Waals surface area contributed by atoms with Crippen molar-refractivity contribution in [3.05, 3.63) is 34.9 Å². The van der Waals surface area contributed by atoms with Crippen LogP contribution in [0.1, 0.15) is 45.2 Å². The van der Waals surface area contributed by atoms with Crippen molar-refractivity contribution in [2.45, 2.75) is 45.7 Å². The number of ether oxygens (including phenoxy) is 1. The number of halogens is 1. The molecule has 106 valence electrons. The van der Waals surface area contributed by atoms with Crippen molar-refractivity contribution in [1.82, 2.24) is 5.32 Å². The van der Waals surface area contributed by atoms with Gasteiger partial charge >= 0.3 is 5.97 Å². The van der Waals surface area contributed by atoms with Crippen LogP contribution in [0.3, 0.4) is 0 Å².